The van der Waals surface area contributed by atoms with Crippen molar-refractivity contribution in [3.63, 3.8) is 0 Å². The first kappa shape index (κ1) is 13.7. The van der Waals surface area contributed by atoms with Gasteiger partial charge in [0.15, 0.2) is 0 Å². The molecule has 0 aliphatic heterocycles. The van der Waals surface area contributed by atoms with Crippen LogP contribution in [0.2, 0.25) is 0 Å². The Hall–Kier alpha value is -1.36. The molecule has 0 fully saturated rings. The maximum absolute atomic E-state index is 11.7. The fraction of sp³-hybridized carbons (Fsp3) is 0.667. The van der Waals surface area contributed by atoms with Crippen LogP contribution in [0.5, 0.6) is 0 Å². The van der Waals surface area contributed by atoms with E-state index >= 15 is 0 Å². The number of nitrogens with two attached hydrogens (primary N) is 1. The van der Waals surface area contributed by atoms with Gasteiger partial charge in [0.05, 0.1) is 12.2 Å². The van der Waals surface area contributed by atoms with Crippen LogP contribution in [0.25, 0.3) is 0 Å². The van der Waals surface area contributed by atoms with E-state index in [4.69, 9.17) is 10.5 Å². The Labute approximate surface area is 102 Å². The van der Waals surface area contributed by atoms with Crippen molar-refractivity contribution in [3.8, 4) is 0 Å². The van der Waals surface area contributed by atoms with Gasteiger partial charge in [-0.25, -0.2) is 0 Å². The molecule has 0 aliphatic carbocycles. The molecule has 96 valence electrons. The number of carbonyl (C=O) groups is 1. The third-order valence-corrected chi connectivity index (χ3v) is 2.18. The number of carbonyl (C=O) groups excluding carboxylic acids is 1. The first-order chi connectivity index (χ1) is 7.69. The number of hydrogen-bond acceptors (Lipinski definition) is 4. The number of hydrogen-bond donors (Lipinski definition) is 1. The van der Waals surface area contributed by atoms with Gasteiger partial charge in [0.2, 0.25) is 0 Å². The number of rotatable bonds is 3. The number of nitrogens with zero attached hydrogens (tertiary/aromatic N) is 2. The molecule has 1 rings (SSSR count). The first-order valence-electron chi connectivity index (χ1n) is 5.68. The van der Waals surface area contributed by atoms with Crippen LogP contribution in [-0.4, -0.2) is 27.4 Å². The molecule has 17 heavy (non-hydrogen) atoms. The molecule has 0 aromatic carbocycles. The summed E-state index contributed by atoms with van der Waals surface area (Å²) in [5.41, 5.74) is 7.19. The van der Waals surface area contributed by atoms with E-state index in [1.807, 2.05) is 40.7 Å². The van der Waals surface area contributed by atoms with Gasteiger partial charge < -0.3 is 10.5 Å². The molecule has 0 spiro atoms. The molecule has 0 saturated carbocycles. The van der Waals surface area contributed by atoms with E-state index in [-0.39, 0.29) is 0 Å². The lowest BCUT2D eigenvalue weighted by Gasteiger charge is -2.22. The van der Waals surface area contributed by atoms with Crippen molar-refractivity contribution in [2.75, 3.05) is 0 Å². The molecule has 0 saturated heterocycles. The Kier molecular flexibility index (Phi) is 3.93. The van der Waals surface area contributed by atoms with Gasteiger partial charge in [-0.15, -0.1) is 0 Å². The van der Waals surface area contributed by atoms with Crippen LogP contribution in [0.4, 0.5) is 0 Å². The summed E-state index contributed by atoms with van der Waals surface area (Å²) in [7, 11) is 0. The van der Waals surface area contributed by atoms with Crippen molar-refractivity contribution in [2.45, 2.75) is 52.8 Å². The topological polar surface area (TPSA) is 70.1 Å². The third kappa shape index (κ3) is 4.19. The Morgan fingerprint density at radius 1 is 1.53 bits per heavy atom. The summed E-state index contributed by atoms with van der Waals surface area (Å²) in [6.07, 6.45) is 0. The lowest BCUT2D eigenvalue weighted by molar-refractivity contribution is -0.156. The van der Waals surface area contributed by atoms with Crippen LogP contribution < -0.4 is 5.73 Å². The second-order valence-corrected chi connectivity index (χ2v) is 5.25. The van der Waals surface area contributed by atoms with Crippen LogP contribution in [0.3, 0.4) is 0 Å². The highest BCUT2D eigenvalue weighted by atomic mass is 16.6. The number of aryl methyl sites for hydroxylation is 2. The molecule has 0 aliphatic rings. The predicted octanol–water partition coefficient (Wildman–Crippen LogP) is 1.17. The molecule has 0 bridgehead atoms. The van der Waals surface area contributed by atoms with Crippen LogP contribution in [-0.2, 0) is 16.1 Å². The molecule has 1 aromatic heterocycles. The molecule has 0 amide bonds. The maximum Gasteiger partial charge on any atom is 0.325 e. The van der Waals surface area contributed by atoms with Gasteiger partial charge in [0, 0.05) is 5.69 Å². The smallest absolute Gasteiger partial charge is 0.325 e. The van der Waals surface area contributed by atoms with Crippen LogP contribution in [0.1, 0.15) is 32.2 Å². The Morgan fingerprint density at radius 2 is 2.12 bits per heavy atom. The predicted molar refractivity (Wildman–Crippen MR) is 65.5 cm³/mol. The molecule has 1 heterocycles. The molecule has 5 heteroatoms. The van der Waals surface area contributed by atoms with Crippen molar-refractivity contribution in [1.82, 2.24) is 9.78 Å². The summed E-state index contributed by atoms with van der Waals surface area (Å²) in [5, 5.41) is 4.26. The second-order valence-electron chi connectivity index (χ2n) is 5.25. The third-order valence-electron chi connectivity index (χ3n) is 2.18. The van der Waals surface area contributed by atoms with E-state index in [9.17, 15) is 4.79 Å². The van der Waals surface area contributed by atoms with Gasteiger partial charge in [-0.1, -0.05) is 0 Å². The molecular weight excluding hydrogens is 218 g/mol. The largest absolute Gasteiger partial charge is 0.459 e. The zero-order valence-corrected chi connectivity index (χ0v) is 11.2. The van der Waals surface area contributed by atoms with Crippen LogP contribution >= 0.6 is 0 Å². The van der Waals surface area contributed by atoms with Gasteiger partial charge in [0.25, 0.3) is 0 Å². The standard InChI is InChI=1S/C12H21N3O2/c1-8-6-9(2)15(14-8)7-10(13)11(16)17-12(3,4)5/h6,10H,7,13H2,1-5H3. The molecule has 1 aromatic rings. The van der Waals surface area contributed by atoms with E-state index in [0.29, 0.717) is 6.54 Å². The summed E-state index contributed by atoms with van der Waals surface area (Å²) in [4.78, 5) is 11.7. The fourth-order valence-electron chi connectivity index (χ4n) is 1.50. The SMILES string of the molecule is Cc1cc(C)n(CC(N)C(=O)OC(C)(C)C)n1. The lowest BCUT2D eigenvalue weighted by atomic mass is 10.2. The molecule has 1 atom stereocenters. The summed E-state index contributed by atoms with van der Waals surface area (Å²) < 4.78 is 6.94. The number of ether oxygens (including phenoxy) is 1. The highest BCUT2D eigenvalue weighted by molar-refractivity contribution is 5.75. The minimum atomic E-state index is -0.688. The summed E-state index contributed by atoms with van der Waals surface area (Å²) >= 11 is 0. The second kappa shape index (κ2) is 4.87. The number of aromatic nitrogens is 2. The summed E-state index contributed by atoms with van der Waals surface area (Å²) in [6.45, 7) is 9.64. The van der Waals surface area contributed by atoms with Crippen molar-refractivity contribution >= 4 is 5.97 Å². The van der Waals surface area contributed by atoms with Crippen molar-refractivity contribution in [2.24, 2.45) is 5.73 Å². The minimum Gasteiger partial charge on any atom is -0.459 e. The quantitative estimate of drug-likeness (QED) is 0.804. The van der Waals surface area contributed by atoms with Gasteiger partial charge in [-0.3, -0.25) is 9.48 Å². The van der Waals surface area contributed by atoms with Crippen molar-refractivity contribution in [1.29, 1.82) is 0 Å². The maximum atomic E-state index is 11.7. The Morgan fingerprint density at radius 3 is 2.53 bits per heavy atom. The molecular formula is C12H21N3O2. The first-order valence-corrected chi connectivity index (χ1v) is 5.68. The number of esters is 1. The summed E-state index contributed by atoms with van der Waals surface area (Å²) in [5.74, 6) is -0.398. The van der Waals surface area contributed by atoms with Gasteiger partial charge in [-0.05, 0) is 40.7 Å². The van der Waals surface area contributed by atoms with E-state index in [0.717, 1.165) is 11.4 Å². The zero-order chi connectivity index (χ0) is 13.2. The zero-order valence-electron chi connectivity index (χ0n) is 11.2. The lowest BCUT2D eigenvalue weighted by Crippen LogP contribution is -2.40. The average molecular weight is 239 g/mol. The molecule has 2 N–H and O–H groups in total. The summed E-state index contributed by atoms with van der Waals surface area (Å²) in [6, 6.07) is 1.26. The Balaban J connectivity index is 2.63. The average Bonchev–Trinajstić information content (AvgIpc) is 2.42. The van der Waals surface area contributed by atoms with Crippen LogP contribution in [0.15, 0.2) is 6.07 Å². The van der Waals surface area contributed by atoms with E-state index < -0.39 is 17.6 Å². The van der Waals surface area contributed by atoms with Crippen LogP contribution in [0, 0.1) is 13.8 Å². The molecule has 5 nitrogen and oxygen atoms in total. The van der Waals surface area contributed by atoms with Gasteiger partial charge in [-0.2, -0.15) is 5.10 Å². The fourth-order valence-corrected chi connectivity index (χ4v) is 1.50. The van der Waals surface area contributed by atoms with Crippen molar-refractivity contribution in [3.05, 3.63) is 17.5 Å². The van der Waals surface area contributed by atoms with Gasteiger partial charge in [0.1, 0.15) is 11.6 Å². The van der Waals surface area contributed by atoms with Gasteiger partial charge >= 0.3 is 5.97 Å². The Bertz CT molecular complexity index is 404. The van der Waals surface area contributed by atoms with E-state index in [1.165, 1.54) is 0 Å². The highest BCUT2D eigenvalue weighted by Crippen LogP contribution is 2.09. The minimum absolute atomic E-state index is 0.342. The van der Waals surface area contributed by atoms with E-state index in [1.54, 1.807) is 4.68 Å². The monoisotopic (exact) mass is 239 g/mol. The van der Waals surface area contributed by atoms with Crippen molar-refractivity contribution < 1.29 is 9.53 Å². The molecule has 0 radical (unpaired) electrons. The highest BCUT2D eigenvalue weighted by Gasteiger charge is 2.23. The molecule has 1 unspecified atom stereocenters. The van der Waals surface area contributed by atoms with E-state index in [2.05, 4.69) is 5.10 Å². The normalized spacial score (nSPS) is 13.5.